The van der Waals surface area contributed by atoms with E-state index in [0.717, 1.165) is 76.5 Å². The summed E-state index contributed by atoms with van der Waals surface area (Å²) in [5.41, 5.74) is 3.70. The van der Waals surface area contributed by atoms with E-state index in [1.807, 2.05) is 31.2 Å². The minimum Gasteiger partial charge on any atom is -0.507 e. The summed E-state index contributed by atoms with van der Waals surface area (Å²) < 4.78 is 18.1. The highest BCUT2D eigenvalue weighted by Crippen LogP contribution is 2.45. The molecule has 2 aromatic carbocycles. The van der Waals surface area contributed by atoms with Gasteiger partial charge in [-0.2, -0.15) is 0 Å². The fourth-order valence-corrected chi connectivity index (χ4v) is 6.13. The van der Waals surface area contributed by atoms with Gasteiger partial charge in [0.05, 0.1) is 7.11 Å². The molecule has 4 nitrogen and oxygen atoms in total. The van der Waals surface area contributed by atoms with Gasteiger partial charge in [0.25, 0.3) is 0 Å². The number of rotatable bonds is 16. The lowest BCUT2D eigenvalue weighted by Crippen LogP contribution is -2.37. The Morgan fingerprint density at radius 3 is 2.02 bits per heavy atom. The molecule has 1 aliphatic rings. The Morgan fingerprint density at radius 1 is 0.850 bits per heavy atom. The first-order chi connectivity index (χ1) is 19.0. The molecule has 0 aromatic heterocycles. The van der Waals surface area contributed by atoms with E-state index in [4.69, 9.17) is 14.2 Å². The third kappa shape index (κ3) is 9.08. The van der Waals surface area contributed by atoms with Crippen LogP contribution in [0.15, 0.2) is 24.3 Å². The topological polar surface area (TPSA) is 47.9 Å². The highest BCUT2D eigenvalue weighted by molar-refractivity contribution is 5.59. The quantitative estimate of drug-likeness (QED) is 0.225. The van der Waals surface area contributed by atoms with Crippen molar-refractivity contribution in [3.05, 3.63) is 46.5 Å². The van der Waals surface area contributed by atoms with Gasteiger partial charge in [-0.1, -0.05) is 72.6 Å². The van der Waals surface area contributed by atoms with Gasteiger partial charge in [0.15, 0.2) is 0 Å². The predicted octanol–water partition coefficient (Wildman–Crippen LogP) is 10.1. The number of hydrogen-bond acceptors (Lipinski definition) is 4. The van der Waals surface area contributed by atoms with Crippen LogP contribution in [0.3, 0.4) is 0 Å². The summed E-state index contributed by atoms with van der Waals surface area (Å²) in [6.45, 7) is 16.1. The molecular weight excluding hydrogens is 496 g/mol. The smallest absolute Gasteiger partial charge is 0.127 e. The van der Waals surface area contributed by atoms with Crippen LogP contribution in [0, 0.1) is 31.6 Å². The molecule has 1 aliphatic heterocycles. The molecule has 1 N–H and O–H groups in total. The van der Waals surface area contributed by atoms with E-state index in [1.54, 1.807) is 7.11 Å². The second kappa shape index (κ2) is 15.0. The van der Waals surface area contributed by atoms with Crippen LogP contribution < -0.4 is 14.2 Å². The highest BCUT2D eigenvalue weighted by atomic mass is 16.5. The van der Waals surface area contributed by atoms with E-state index in [9.17, 15) is 5.11 Å². The molecule has 0 spiro atoms. The normalized spacial score (nSPS) is 18.2. The van der Waals surface area contributed by atoms with Gasteiger partial charge in [-0.15, -0.1) is 0 Å². The van der Waals surface area contributed by atoms with Crippen LogP contribution in [0.1, 0.15) is 121 Å². The molecule has 0 aliphatic carbocycles. The zero-order valence-corrected chi connectivity index (χ0v) is 26.7. The predicted molar refractivity (Wildman–Crippen MR) is 167 cm³/mol. The van der Waals surface area contributed by atoms with Gasteiger partial charge >= 0.3 is 0 Å². The van der Waals surface area contributed by atoms with E-state index in [1.165, 1.54) is 51.4 Å². The zero-order valence-electron chi connectivity index (χ0n) is 26.7. The number of methoxy groups -OCH3 is 1. The van der Waals surface area contributed by atoms with Gasteiger partial charge in [-0.05, 0) is 99.6 Å². The van der Waals surface area contributed by atoms with Crippen molar-refractivity contribution < 1.29 is 19.3 Å². The van der Waals surface area contributed by atoms with Crippen molar-refractivity contribution in [2.45, 2.75) is 131 Å². The van der Waals surface area contributed by atoms with Crippen molar-refractivity contribution in [1.82, 2.24) is 0 Å². The van der Waals surface area contributed by atoms with E-state index in [0.29, 0.717) is 12.4 Å². The van der Waals surface area contributed by atoms with Crippen LogP contribution in [0.2, 0.25) is 0 Å². The van der Waals surface area contributed by atoms with Gasteiger partial charge in [-0.25, -0.2) is 0 Å². The molecule has 0 bridgehead atoms. The fourth-order valence-electron chi connectivity index (χ4n) is 6.13. The molecule has 0 fully saturated rings. The average molecular weight is 553 g/mol. The Kier molecular flexibility index (Phi) is 12.1. The molecule has 224 valence electrons. The number of ether oxygens (including phenoxy) is 3. The van der Waals surface area contributed by atoms with Crippen molar-refractivity contribution in [2.75, 3.05) is 7.11 Å². The van der Waals surface area contributed by atoms with Crippen LogP contribution in [0.4, 0.5) is 0 Å². The van der Waals surface area contributed by atoms with E-state index in [-0.39, 0.29) is 5.60 Å². The first kappa shape index (κ1) is 32.2. The summed E-state index contributed by atoms with van der Waals surface area (Å²) >= 11 is 0. The zero-order chi connectivity index (χ0) is 29.3. The van der Waals surface area contributed by atoms with Crippen LogP contribution in [0.5, 0.6) is 23.0 Å². The van der Waals surface area contributed by atoms with E-state index in [2.05, 4.69) is 41.5 Å². The van der Waals surface area contributed by atoms with Crippen LogP contribution >= 0.6 is 0 Å². The molecular formula is C36H56O4. The average Bonchev–Trinajstić information content (AvgIpc) is 2.92. The Morgan fingerprint density at radius 2 is 1.43 bits per heavy atom. The minimum atomic E-state index is -0.167. The largest absolute Gasteiger partial charge is 0.507 e. The Balaban J connectivity index is 1.52. The molecule has 40 heavy (non-hydrogen) atoms. The molecule has 0 amide bonds. The summed E-state index contributed by atoms with van der Waals surface area (Å²) in [6.07, 6.45) is 13.6. The van der Waals surface area contributed by atoms with Crippen LogP contribution in [-0.4, -0.2) is 17.8 Å². The monoisotopic (exact) mass is 552 g/mol. The number of aromatic hydroxyl groups is 1. The number of phenols is 1. The van der Waals surface area contributed by atoms with E-state index >= 15 is 0 Å². The number of fused-ring (bicyclic) bond motifs is 1. The van der Waals surface area contributed by atoms with Crippen LogP contribution in [-0.2, 0) is 13.0 Å². The summed E-state index contributed by atoms with van der Waals surface area (Å²) in [5.74, 6) is 5.29. The molecule has 0 saturated carbocycles. The molecule has 0 unspecified atom stereocenters. The number of hydrogen-bond donors (Lipinski definition) is 1. The lowest BCUT2D eigenvalue weighted by atomic mass is 9.83. The molecule has 2 aromatic rings. The molecule has 0 radical (unpaired) electrons. The second-order valence-corrected chi connectivity index (χ2v) is 13.3. The fraction of sp³-hybridized carbons (Fsp3) is 0.667. The number of phenolic OH excluding ortho intramolecular Hbond substituents is 1. The van der Waals surface area contributed by atoms with Crippen molar-refractivity contribution in [2.24, 2.45) is 17.8 Å². The van der Waals surface area contributed by atoms with Gasteiger partial charge in [0.2, 0.25) is 0 Å². The molecule has 3 atom stereocenters. The van der Waals surface area contributed by atoms with Crippen molar-refractivity contribution in [1.29, 1.82) is 0 Å². The minimum absolute atomic E-state index is 0.167. The summed E-state index contributed by atoms with van der Waals surface area (Å²) in [6, 6.07) is 7.56. The number of benzene rings is 2. The Hall–Kier alpha value is -2.36. The van der Waals surface area contributed by atoms with Gasteiger partial charge in [0.1, 0.15) is 35.2 Å². The first-order valence-electron chi connectivity index (χ1n) is 15.8. The third-order valence-electron chi connectivity index (χ3n) is 9.15. The van der Waals surface area contributed by atoms with Gasteiger partial charge in [0, 0.05) is 11.1 Å². The molecule has 1 heterocycles. The third-order valence-corrected chi connectivity index (χ3v) is 9.15. The summed E-state index contributed by atoms with van der Waals surface area (Å²) in [4.78, 5) is 0. The van der Waals surface area contributed by atoms with Gasteiger partial charge in [-0.3, -0.25) is 0 Å². The van der Waals surface area contributed by atoms with E-state index < -0.39 is 0 Å². The molecule has 0 saturated heterocycles. The SMILES string of the molecule is COc1ccc(OCc2c(O)c(C)c(C)c3c2CC[C@@](C)(CCC[C@H](C)CCC[C@H](C)CCCC(C)C)O3)cc1. The molecule has 4 heteroatoms. The summed E-state index contributed by atoms with van der Waals surface area (Å²) in [5, 5.41) is 11.0. The Labute approximate surface area is 244 Å². The maximum Gasteiger partial charge on any atom is 0.127 e. The molecule has 3 rings (SSSR count). The van der Waals surface area contributed by atoms with Crippen LogP contribution in [0.25, 0.3) is 0 Å². The summed E-state index contributed by atoms with van der Waals surface area (Å²) in [7, 11) is 1.65. The lowest BCUT2D eigenvalue weighted by Gasteiger charge is -2.38. The lowest BCUT2D eigenvalue weighted by molar-refractivity contribution is 0.0507. The highest BCUT2D eigenvalue weighted by Gasteiger charge is 2.35. The maximum atomic E-state index is 11.0. The van der Waals surface area contributed by atoms with Crippen molar-refractivity contribution in [3.63, 3.8) is 0 Å². The first-order valence-corrected chi connectivity index (χ1v) is 15.8. The Bertz CT molecular complexity index is 1060. The maximum absolute atomic E-state index is 11.0. The van der Waals surface area contributed by atoms with Gasteiger partial charge < -0.3 is 19.3 Å². The van der Waals surface area contributed by atoms with Crippen molar-refractivity contribution >= 4 is 0 Å². The van der Waals surface area contributed by atoms with Crippen molar-refractivity contribution in [3.8, 4) is 23.0 Å². The second-order valence-electron chi connectivity index (χ2n) is 13.3. The standard InChI is InChI=1S/C36H56O4/c1-25(2)12-9-13-26(3)14-10-15-27(4)16-11-22-36(7)23-21-32-33(34(37)28(5)29(6)35(32)40-36)24-39-31-19-17-30(38-8)18-20-31/h17-20,25-27,37H,9-16,21-24H2,1-8H3/t26-,27-,36-/m1/s1.